The smallest absolute Gasteiger partial charge is 0.267 e. The van der Waals surface area contributed by atoms with Gasteiger partial charge in [-0.05, 0) is 43.5 Å². The number of amides is 1. The van der Waals surface area contributed by atoms with E-state index in [4.69, 9.17) is 9.47 Å². The van der Waals surface area contributed by atoms with Crippen molar-refractivity contribution in [3.05, 3.63) is 53.9 Å². The number of ether oxygens (including phenoxy) is 2. The van der Waals surface area contributed by atoms with Crippen LogP contribution in [-0.2, 0) is 11.3 Å². The number of carbonyl (C=O) groups is 1. The molecule has 1 unspecified atom stereocenters. The zero-order chi connectivity index (χ0) is 18.6. The molecule has 0 bridgehead atoms. The van der Waals surface area contributed by atoms with Crippen molar-refractivity contribution in [3.8, 4) is 11.5 Å². The normalized spacial score (nSPS) is 19.7. The van der Waals surface area contributed by atoms with Gasteiger partial charge in [0.15, 0.2) is 11.5 Å². The molecule has 2 aromatic rings. The summed E-state index contributed by atoms with van der Waals surface area (Å²) in [5.74, 6) is 1.37. The number of nitrogens with one attached hydrogen (secondary N) is 1. The molecule has 6 heteroatoms. The van der Waals surface area contributed by atoms with Gasteiger partial charge in [-0.1, -0.05) is 18.2 Å². The van der Waals surface area contributed by atoms with Crippen LogP contribution in [0, 0.1) is 6.92 Å². The predicted octanol–water partition coefficient (Wildman–Crippen LogP) is 2.31. The third-order valence-corrected chi connectivity index (χ3v) is 5.29. The largest absolute Gasteiger partial charge is 0.485 e. The van der Waals surface area contributed by atoms with E-state index in [9.17, 15) is 4.79 Å². The Morgan fingerprint density at radius 3 is 2.74 bits per heavy atom. The third-order valence-electron chi connectivity index (χ3n) is 5.29. The Labute approximate surface area is 159 Å². The van der Waals surface area contributed by atoms with E-state index in [1.165, 1.54) is 5.56 Å². The number of aromatic nitrogens is 1. The average Bonchev–Trinajstić information content (AvgIpc) is 2.73. The Hall–Kier alpha value is -2.60. The van der Waals surface area contributed by atoms with E-state index >= 15 is 0 Å². The minimum Gasteiger partial charge on any atom is -0.485 e. The molecule has 6 nitrogen and oxygen atoms in total. The molecule has 2 aliphatic heterocycles. The van der Waals surface area contributed by atoms with Crippen LogP contribution in [0.15, 0.2) is 42.6 Å². The predicted molar refractivity (Wildman–Crippen MR) is 102 cm³/mol. The first-order valence-electron chi connectivity index (χ1n) is 9.52. The molecule has 4 rings (SSSR count). The van der Waals surface area contributed by atoms with Gasteiger partial charge < -0.3 is 19.7 Å². The molecule has 1 aromatic heterocycles. The van der Waals surface area contributed by atoms with E-state index in [0.717, 1.165) is 38.2 Å². The van der Waals surface area contributed by atoms with E-state index in [1.54, 1.807) is 0 Å². The van der Waals surface area contributed by atoms with Crippen LogP contribution in [-0.4, -0.2) is 47.6 Å². The number of hydrogen-bond acceptors (Lipinski definition) is 5. The Morgan fingerprint density at radius 1 is 1.19 bits per heavy atom. The Balaban J connectivity index is 1.27. The lowest BCUT2D eigenvalue weighted by Crippen LogP contribution is -2.51. The van der Waals surface area contributed by atoms with Gasteiger partial charge in [0.05, 0.1) is 0 Å². The maximum absolute atomic E-state index is 12.8. The molecule has 2 aliphatic rings. The van der Waals surface area contributed by atoms with E-state index in [0.29, 0.717) is 17.5 Å². The summed E-state index contributed by atoms with van der Waals surface area (Å²) in [6, 6.07) is 12.0. The minimum absolute atomic E-state index is 0.0195. The van der Waals surface area contributed by atoms with Crippen LogP contribution in [0.25, 0.3) is 0 Å². The van der Waals surface area contributed by atoms with Crippen LogP contribution in [0.4, 0.5) is 0 Å². The zero-order valence-corrected chi connectivity index (χ0v) is 15.6. The van der Waals surface area contributed by atoms with Crippen LogP contribution in [0.5, 0.6) is 11.5 Å². The number of hydrogen-bond donors (Lipinski definition) is 1. The highest BCUT2D eigenvalue weighted by atomic mass is 16.6. The van der Waals surface area contributed by atoms with Crippen molar-refractivity contribution >= 4 is 5.91 Å². The van der Waals surface area contributed by atoms with Crippen LogP contribution in [0.1, 0.15) is 24.1 Å². The van der Waals surface area contributed by atoms with Gasteiger partial charge in [-0.3, -0.25) is 9.78 Å². The van der Waals surface area contributed by atoms with Gasteiger partial charge in [-0.15, -0.1) is 0 Å². The van der Waals surface area contributed by atoms with Crippen molar-refractivity contribution in [2.24, 2.45) is 0 Å². The second-order valence-corrected chi connectivity index (χ2v) is 7.09. The third kappa shape index (κ3) is 4.06. The molecule has 1 fully saturated rings. The van der Waals surface area contributed by atoms with E-state index in [2.05, 4.69) is 16.4 Å². The summed E-state index contributed by atoms with van der Waals surface area (Å²) in [5, 5.41) is 3.60. The fraction of sp³-hybridized carbons (Fsp3) is 0.429. The first-order chi connectivity index (χ1) is 13.2. The van der Waals surface area contributed by atoms with Gasteiger partial charge in [0.25, 0.3) is 5.91 Å². The maximum atomic E-state index is 12.8. The molecule has 1 atom stereocenters. The van der Waals surface area contributed by atoms with Crippen LogP contribution in [0.2, 0.25) is 0 Å². The summed E-state index contributed by atoms with van der Waals surface area (Å²) in [4.78, 5) is 19.0. The lowest BCUT2D eigenvalue weighted by molar-refractivity contribution is -0.142. The lowest BCUT2D eigenvalue weighted by atomic mass is 10.0. The van der Waals surface area contributed by atoms with Crippen molar-refractivity contribution in [1.82, 2.24) is 15.2 Å². The lowest BCUT2D eigenvalue weighted by Gasteiger charge is -2.35. The Bertz CT molecular complexity index is 803. The molecular weight excluding hydrogens is 342 g/mol. The second kappa shape index (κ2) is 7.96. The summed E-state index contributed by atoms with van der Waals surface area (Å²) in [5.41, 5.74) is 2.29. The van der Waals surface area contributed by atoms with Crippen molar-refractivity contribution in [1.29, 1.82) is 0 Å². The number of likely N-dealkylation sites (tertiary alicyclic amines) is 1. The first-order valence-corrected chi connectivity index (χ1v) is 9.52. The second-order valence-electron chi connectivity index (χ2n) is 7.09. The molecule has 0 aliphatic carbocycles. The molecule has 0 saturated carbocycles. The van der Waals surface area contributed by atoms with E-state index in [1.807, 2.05) is 48.4 Å². The number of rotatable bonds is 4. The monoisotopic (exact) mass is 367 g/mol. The number of piperidine rings is 1. The summed E-state index contributed by atoms with van der Waals surface area (Å²) < 4.78 is 11.5. The molecule has 3 heterocycles. The molecule has 1 N–H and O–H groups in total. The highest BCUT2D eigenvalue weighted by Crippen LogP contribution is 2.31. The molecule has 1 saturated heterocycles. The van der Waals surface area contributed by atoms with E-state index < -0.39 is 6.10 Å². The van der Waals surface area contributed by atoms with E-state index in [-0.39, 0.29) is 12.5 Å². The number of nitrogens with zero attached hydrogens (tertiary/aromatic N) is 2. The molecule has 0 spiro atoms. The highest BCUT2D eigenvalue weighted by molar-refractivity contribution is 5.82. The summed E-state index contributed by atoms with van der Waals surface area (Å²) >= 11 is 0. The van der Waals surface area contributed by atoms with Gasteiger partial charge in [0.2, 0.25) is 6.10 Å². The summed E-state index contributed by atoms with van der Waals surface area (Å²) in [6.45, 7) is 4.60. The SMILES string of the molecule is Cc1ncccc1CNC1CCN(C(=O)C2COc3ccccc3O2)CC1. The number of para-hydroxylation sites is 2. The standard InChI is InChI=1S/C21H25N3O3/c1-15-16(5-4-10-22-15)13-23-17-8-11-24(12-9-17)21(25)20-14-26-18-6-2-3-7-19(18)27-20/h2-7,10,17,20,23H,8-9,11-14H2,1H3. The van der Waals surface area contributed by atoms with Gasteiger partial charge >= 0.3 is 0 Å². The van der Waals surface area contributed by atoms with Gasteiger partial charge in [-0.2, -0.15) is 0 Å². The first kappa shape index (κ1) is 17.8. The minimum atomic E-state index is -0.553. The topological polar surface area (TPSA) is 63.7 Å². The molecule has 142 valence electrons. The van der Waals surface area contributed by atoms with Crippen molar-refractivity contribution in [2.75, 3.05) is 19.7 Å². The van der Waals surface area contributed by atoms with Crippen LogP contribution < -0.4 is 14.8 Å². The van der Waals surface area contributed by atoms with Crippen molar-refractivity contribution < 1.29 is 14.3 Å². The highest BCUT2D eigenvalue weighted by Gasteiger charge is 2.32. The molecule has 1 amide bonds. The number of aryl methyl sites for hydroxylation is 1. The van der Waals surface area contributed by atoms with Gasteiger partial charge in [0.1, 0.15) is 6.61 Å². The van der Waals surface area contributed by atoms with Crippen molar-refractivity contribution in [2.45, 2.75) is 38.5 Å². The average molecular weight is 367 g/mol. The summed E-state index contributed by atoms with van der Waals surface area (Å²) in [6.07, 6.45) is 3.14. The van der Waals surface area contributed by atoms with Gasteiger partial charge in [-0.25, -0.2) is 0 Å². The molecule has 27 heavy (non-hydrogen) atoms. The fourth-order valence-corrected chi connectivity index (χ4v) is 3.61. The molecule has 0 radical (unpaired) electrons. The fourth-order valence-electron chi connectivity index (χ4n) is 3.61. The van der Waals surface area contributed by atoms with Crippen molar-refractivity contribution in [3.63, 3.8) is 0 Å². The van der Waals surface area contributed by atoms with Crippen LogP contribution in [0.3, 0.4) is 0 Å². The van der Waals surface area contributed by atoms with Gasteiger partial charge in [0, 0.05) is 37.6 Å². The molecular formula is C21H25N3O3. The quantitative estimate of drug-likeness (QED) is 0.898. The zero-order valence-electron chi connectivity index (χ0n) is 15.6. The number of carbonyl (C=O) groups excluding carboxylic acids is 1. The summed E-state index contributed by atoms with van der Waals surface area (Å²) in [7, 11) is 0. The Morgan fingerprint density at radius 2 is 1.96 bits per heavy atom. The number of benzene rings is 1. The molecule has 1 aromatic carbocycles. The maximum Gasteiger partial charge on any atom is 0.267 e. The Kier molecular flexibility index (Phi) is 5.25. The number of pyridine rings is 1. The van der Waals surface area contributed by atoms with Crippen LogP contribution >= 0.6 is 0 Å². The number of fused-ring (bicyclic) bond motifs is 1.